The van der Waals surface area contributed by atoms with Gasteiger partial charge in [0.15, 0.2) is 0 Å². The lowest BCUT2D eigenvalue weighted by Crippen LogP contribution is -2.02. The van der Waals surface area contributed by atoms with Crippen LogP contribution < -0.4 is 15.8 Å². The highest BCUT2D eigenvalue weighted by molar-refractivity contribution is 5.94. The maximum Gasteiger partial charge on any atom is 0.303 e. The summed E-state index contributed by atoms with van der Waals surface area (Å²) in [5.74, 6) is 3.06. The molecule has 0 aliphatic heterocycles. The Morgan fingerprint density at radius 2 is 2.00 bits per heavy atom. The Bertz CT molecular complexity index is 1080. The van der Waals surface area contributed by atoms with Crippen molar-refractivity contribution in [3.05, 3.63) is 48.3 Å². The van der Waals surface area contributed by atoms with E-state index in [2.05, 4.69) is 21.2 Å². The Morgan fingerprint density at radius 1 is 1.17 bits per heavy atom. The van der Waals surface area contributed by atoms with E-state index in [-0.39, 0.29) is 6.42 Å². The Labute approximate surface area is 175 Å². The number of hydrogen-bond donors (Lipinski definition) is 3. The third kappa shape index (κ3) is 5.61. The molecule has 0 aliphatic carbocycles. The molecule has 0 atom stereocenters. The van der Waals surface area contributed by atoms with Gasteiger partial charge in [-0.05, 0) is 37.1 Å². The Morgan fingerprint density at radius 3 is 2.80 bits per heavy atom. The molecule has 0 saturated heterocycles. The highest BCUT2D eigenvalue weighted by atomic mass is 16.5. The zero-order valence-electron chi connectivity index (χ0n) is 16.6. The normalized spacial score (nSPS) is 10.5. The lowest BCUT2D eigenvalue weighted by molar-refractivity contribution is -0.137. The molecule has 0 bridgehead atoms. The predicted molar refractivity (Wildman–Crippen MR) is 118 cm³/mol. The van der Waals surface area contributed by atoms with Gasteiger partial charge in [0.05, 0.1) is 17.8 Å². The maximum atomic E-state index is 10.5. The number of nitrogens with two attached hydrogens (primary N) is 1. The van der Waals surface area contributed by atoms with Crippen LogP contribution in [0.1, 0.15) is 37.7 Å². The lowest BCUT2D eigenvalue weighted by atomic mass is 10.1. The van der Waals surface area contributed by atoms with Gasteiger partial charge in [-0.3, -0.25) is 4.79 Å². The predicted octanol–water partition coefficient (Wildman–Crippen LogP) is 4.35. The summed E-state index contributed by atoms with van der Waals surface area (Å²) in [5.41, 5.74) is 9.01. The number of terminal acetylenes is 1. The van der Waals surface area contributed by atoms with Crippen molar-refractivity contribution in [2.24, 2.45) is 0 Å². The molecule has 2 aromatic carbocycles. The summed E-state index contributed by atoms with van der Waals surface area (Å²) in [6, 6.07) is 11.1. The zero-order chi connectivity index (χ0) is 21.3. The van der Waals surface area contributed by atoms with Crippen LogP contribution in [0.25, 0.3) is 10.9 Å². The van der Waals surface area contributed by atoms with Crippen LogP contribution in [0.15, 0.2) is 42.7 Å². The average molecular weight is 404 g/mol. The minimum Gasteiger partial charge on any atom is -0.491 e. The Kier molecular flexibility index (Phi) is 7.06. The first-order chi connectivity index (χ1) is 14.6. The van der Waals surface area contributed by atoms with Crippen LogP contribution in [0.2, 0.25) is 0 Å². The highest BCUT2D eigenvalue weighted by Crippen LogP contribution is 2.31. The fourth-order valence-electron chi connectivity index (χ4n) is 3.06. The Hall–Kier alpha value is -3.79. The van der Waals surface area contributed by atoms with Crippen molar-refractivity contribution in [2.75, 3.05) is 17.7 Å². The second kappa shape index (κ2) is 10.1. The summed E-state index contributed by atoms with van der Waals surface area (Å²) in [4.78, 5) is 19.2. The number of rotatable bonds is 10. The fourth-order valence-corrected chi connectivity index (χ4v) is 3.06. The molecule has 0 spiro atoms. The monoisotopic (exact) mass is 404 g/mol. The van der Waals surface area contributed by atoms with Gasteiger partial charge in [-0.15, -0.1) is 6.42 Å². The molecule has 0 saturated carbocycles. The molecule has 1 aromatic heterocycles. The molecule has 1 heterocycles. The van der Waals surface area contributed by atoms with Gasteiger partial charge >= 0.3 is 5.97 Å². The second-order valence-corrected chi connectivity index (χ2v) is 6.89. The van der Waals surface area contributed by atoms with Gasteiger partial charge in [0.25, 0.3) is 0 Å². The first-order valence-electron chi connectivity index (χ1n) is 9.79. The number of nitrogen functional groups attached to an aromatic ring is 1. The number of anilines is 3. The minimum absolute atomic E-state index is 0.210. The Balaban J connectivity index is 1.66. The van der Waals surface area contributed by atoms with Crippen LogP contribution in [0, 0.1) is 12.3 Å². The minimum atomic E-state index is -0.755. The number of hydrogen-bond acceptors (Lipinski definition) is 6. The van der Waals surface area contributed by atoms with E-state index in [9.17, 15) is 4.79 Å². The van der Waals surface area contributed by atoms with Crippen LogP contribution in [0.5, 0.6) is 5.75 Å². The zero-order valence-corrected chi connectivity index (χ0v) is 16.6. The molecule has 7 heteroatoms. The smallest absolute Gasteiger partial charge is 0.303 e. The van der Waals surface area contributed by atoms with E-state index in [1.807, 2.05) is 24.3 Å². The molecular weight excluding hydrogens is 380 g/mol. The van der Waals surface area contributed by atoms with Gasteiger partial charge in [-0.25, -0.2) is 9.97 Å². The van der Waals surface area contributed by atoms with Crippen molar-refractivity contribution in [3.63, 3.8) is 0 Å². The van der Waals surface area contributed by atoms with E-state index >= 15 is 0 Å². The van der Waals surface area contributed by atoms with Crippen LogP contribution >= 0.6 is 0 Å². The largest absolute Gasteiger partial charge is 0.491 e. The topological polar surface area (TPSA) is 110 Å². The van der Waals surface area contributed by atoms with E-state index in [0.717, 1.165) is 35.9 Å². The molecule has 0 aliphatic rings. The van der Waals surface area contributed by atoms with Crippen molar-refractivity contribution >= 4 is 34.1 Å². The molecule has 4 N–H and O–H groups in total. The lowest BCUT2D eigenvalue weighted by Gasteiger charge is -2.12. The number of nitrogens with zero attached hydrogens (tertiary/aromatic N) is 2. The molecular formula is C23H24N4O3. The molecule has 3 rings (SSSR count). The van der Waals surface area contributed by atoms with Crippen molar-refractivity contribution in [1.29, 1.82) is 0 Å². The third-order valence-corrected chi connectivity index (χ3v) is 4.60. The van der Waals surface area contributed by atoms with Gasteiger partial charge in [-0.1, -0.05) is 24.8 Å². The van der Waals surface area contributed by atoms with E-state index in [4.69, 9.17) is 22.0 Å². The SMILES string of the molecule is C#Cc1cccc(Nc2ncnc3cc(OCCCCCCC(=O)O)c(N)cc23)c1. The van der Waals surface area contributed by atoms with Gasteiger partial charge < -0.3 is 20.9 Å². The molecule has 0 radical (unpaired) electrons. The average Bonchev–Trinajstić information content (AvgIpc) is 2.74. The number of nitrogens with one attached hydrogen (secondary N) is 1. The second-order valence-electron chi connectivity index (χ2n) is 6.89. The van der Waals surface area contributed by atoms with Crippen LogP contribution in [-0.2, 0) is 4.79 Å². The summed E-state index contributed by atoms with van der Waals surface area (Å²) >= 11 is 0. The molecule has 3 aromatic rings. The number of benzene rings is 2. The summed E-state index contributed by atoms with van der Waals surface area (Å²) in [7, 11) is 0. The fraction of sp³-hybridized carbons (Fsp3) is 0.261. The number of unbranched alkanes of at least 4 members (excludes halogenated alkanes) is 3. The standard InChI is InChI=1S/C23H24N4O3/c1-2-16-8-7-9-17(12-16)27-23-18-13-19(24)21(14-20(18)25-15-26-23)30-11-6-4-3-5-10-22(28)29/h1,7-9,12-15H,3-6,10-11,24H2,(H,28,29)(H,25,26,27). The van der Waals surface area contributed by atoms with Crippen LogP contribution in [0.4, 0.5) is 17.2 Å². The van der Waals surface area contributed by atoms with Crippen molar-refractivity contribution < 1.29 is 14.6 Å². The number of carbonyl (C=O) groups is 1. The number of carboxylic acids is 1. The first-order valence-corrected chi connectivity index (χ1v) is 9.79. The number of fused-ring (bicyclic) bond motifs is 1. The number of carboxylic acid groups (broad SMARTS) is 1. The van der Waals surface area contributed by atoms with Crippen molar-refractivity contribution in [3.8, 4) is 18.1 Å². The molecule has 154 valence electrons. The number of aromatic nitrogens is 2. The van der Waals surface area contributed by atoms with E-state index < -0.39 is 5.97 Å². The van der Waals surface area contributed by atoms with Crippen molar-refractivity contribution in [2.45, 2.75) is 32.1 Å². The molecule has 0 fully saturated rings. The van der Waals surface area contributed by atoms with Gasteiger partial charge in [0.2, 0.25) is 0 Å². The summed E-state index contributed by atoms with van der Waals surface area (Å²) < 4.78 is 5.82. The van der Waals surface area contributed by atoms with Gasteiger partial charge in [0, 0.05) is 29.1 Å². The van der Waals surface area contributed by atoms with E-state index in [0.29, 0.717) is 35.8 Å². The third-order valence-electron chi connectivity index (χ3n) is 4.60. The highest BCUT2D eigenvalue weighted by Gasteiger charge is 2.10. The molecule has 0 amide bonds. The maximum absolute atomic E-state index is 10.5. The summed E-state index contributed by atoms with van der Waals surface area (Å²) in [6.07, 6.45) is 10.5. The van der Waals surface area contributed by atoms with E-state index in [1.165, 1.54) is 6.33 Å². The van der Waals surface area contributed by atoms with E-state index in [1.54, 1.807) is 12.1 Å². The van der Waals surface area contributed by atoms with Gasteiger partial charge in [-0.2, -0.15) is 0 Å². The first kappa shape index (κ1) is 20.9. The molecule has 7 nitrogen and oxygen atoms in total. The van der Waals surface area contributed by atoms with Gasteiger partial charge in [0.1, 0.15) is 17.9 Å². The van der Waals surface area contributed by atoms with Crippen LogP contribution in [0.3, 0.4) is 0 Å². The number of aliphatic carboxylic acids is 1. The summed E-state index contributed by atoms with van der Waals surface area (Å²) in [6.45, 7) is 0.512. The van der Waals surface area contributed by atoms with Crippen LogP contribution in [-0.4, -0.2) is 27.7 Å². The quantitative estimate of drug-likeness (QED) is 0.262. The van der Waals surface area contributed by atoms with Crippen molar-refractivity contribution in [1.82, 2.24) is 9.97 Å². The summed E-state index contributed by atoms with van der Waals surface area (Å²) in [5, 5.41) is 12.7. The molecule has 0 unspecified atom stereocenters. The number of ether oxygens (including phenoxy) is 1. The molecule has 30 heavy (non-hydrogen) atoms.